The lowest BCUT2D eigenvalue weighted by molar-refractivity contribution is 0.288. The fourth-order valence-electron chi connectivity index (χ4n) is 1.84. The minimum absolute atomic E-state index is 0.371. The van der Waals surface area contributed by atoms with Crippen molar-refractivity contribution in [3.8, 4) is 17.6 Å². The molecule has 0 amide bonds. The second kappa shape index (κ2) is 7.15. The van der Waals surface area contributed by atoms with E-state index >= 15 is 0 Å². The average Bonchev–Trinajstić information content (AvgIpc) is 2.50. The number of hydrogen-bond donors (Lipinski definition) is 1. The van der Waals surface area contributed by atoms with Crippen LogP contribution in [0.1, 0.15) is 19.5 Å². The van der Waals surface area contributed by atoms with Crippen LogP contribution in [0.3, 0.4) is 0 Å². The van der Waals surface area contributed by atoms with Crippen molar-refractivity contribution in [3.05, 3.63) is 42.1 Å². The summed E-state index contributed by atoms with van der Waals surface area (Å²) in [5.74, 6) is 2.00. The van der Waals surface area contributed by atoms with Crippen LogP contribution in [0.5, 0.6) is 11.5 Å². The fraction of sp³-hybridized carbons (Fsp3) is 0.250. The fourth-order valence-corrected chi connectivity index (χ4v) is 1.84. The van der Waals surface area contributed by atoms with E-state index in [9.17, 15) is 0 Å². The van der Waals surface area contributed by atoms with Gasteiger partial charge in [0.1, 0.15) is 17.6 Å². The smallest absolute Gasteiger partial charge is 0.163 e. The van der Waals surface area contributed by atoms with E-state index < -0.39 is 0 Å². The predicted molar refractivity (Wildman–Crippen MR) is 81.0 cm³/mol. The van der Waals surface area contributed by atoms with Crippen LogP contribution in [0.25, 0.3) is 0 Å². The lowest BCUT2D eigenvalue weighted by Gasteiger charge is -2.13. The Bertz CT molecular complexity index is 650. The number of hydrogen-bond acceptors (Lipinski definition) is 5. The molecule has 1 aromatic carbocycles. The molecular weight excluding hydrogens is 266 g/mol. The number of nitriles is 1. The van der Waals surface area contributed by atoms with Gasteiger partial charge in [0.05, 0.1) is 13.2 Å². The van der Waals surface area contributed by atoms with E-state index in [4.69, 9.17) is 14.7 Å². The third-order valence-electron chi connectivity index (χ3n) is 2.68. The van der Waals surface area contributed by atoms with Crippen LogP contribution in [0.2, 0.25) is 0 Å². The Balaban J connectivity index is 2.23. The average molecular weight is 283 g/mol. The Morgan fingerprint density at radius 1 is 1.10 bits per heavy atom. The maximum atomic E-state index is 8.86. The van der Waals surface area contributed by atoms with Gasteiger partial charge in [0.2, 0.25) is 0 Å². The predicted octanol–water partition coefficient (Wildman–Crippen LogP) is 3.49. The van der Waals surface area contributed by atoms with Crippen LogP contribution in [-0.4, -0.2) is 18.2 Å². The molecule has 0 saturated carbocycles. The van der Waals surface area contributed by atoms with E-state index in [2.05, 4.69) is 10.3 Å². The van der Waals surface area contributed by atoms with E-state index in [-0.39, 0.29) is 0 Å². The first-order valence-electron chi connectivity index (χ1n) is 6.80. The van der Waals surface area contributed by atoms with E-state index in [1.807, 2.05) is 38.1 Å². The highest BCUT2D eigenvalue weighted by molar-refractivity contribution is 5.61. The molecule has 1 heterocycles. The molecule has 0 aliphatic carbocycles. The minimum atomic E-state index is 0.371. The van der Waals surface area contributed by atoms with Crippen molar-refractivity contribution >= 4 is 11.5 Å². The zero-order valence-corrected chi connectivity index (χ0v) is 12.1. The zero-order valence-electron chi connectivity index (χ0n) is 12.1. The van der Waals surface area contributed by atoms with E-state index in [1.165, 1.54) is 0 Å². The second-order valence-corrected chi connectivity index (χ2v) is 4.17. The standard InChI is InChI=1S/C16H17N3O2/c1-3-20-14-9-8-12(10-15(14)21-4-2)18-16-7-5-6-13(11-17)19-16/h5-10H,3-4H2,1-2H3,(H,18,19). The van der Waals surface area contributed by atoms with Gasteiger partial charge in [-0.2, -0.15) is 5.26 Å². The van der Waals surface area contributed by atoms with Gasteiger partial charge in [-0.3, -0.25) is 0 Å². The van der Waals surface area contributed by atoms with Crippen molar-refractivity contribution in [2.24, 2.45) is 0 Å². The van der Waals surface area contributed by atoms with Crippen molar-refractivity contribution in [1.29, 1.82) is 5.26 Å². The van der Waals surface area contributed by atoms with Crippen LogP contribution < -0.4 is 14.8 Å². The molecule has 0 fully saturated rings. The van der Waals surface area contributed by atoms with Gasteiger partial charge in [0.25, 0.3) is 0 Å². The molecule has 21 heavy (non-hydrogen) atoms. The highest BCUT2D eigenvalue weighted by Gasteiger charge is 2.07. The van der Waals surface area contributed by atoms with E-state index in [0.717, 1.165) is 5.69 Å². The molecule has 0 unspecified atom stereocenters. The second-order valence-electron chi connectivity index (χ2n) is 4.17. The molecule has 0 radical (unpaired) electrons. The van der Waals surface area contributed by atoms with Gasteiger partial charge < -0.3 is 14.8 Å². The number of rotatable bonds is 6. The maximum Gasteiger partial charge on any atom is 0.163 e. The number of ether oxygens (including phenoxy) is 2. The Morgan fingerprint density at radius 3 is 2.57 bits per heavy atom. The van der Waals surface area contributed by atoms with Crippen LogP contribution >= 0.6 is 0 Å². The lowest BCUT2D eigenvalue weighted by atomic mass is 10.2. The van der Waals surface area contributed by atoms with Crippen molar-refractivity contribution in [3.63, 3.8) is 0 Å². The van der Waals surface area contributed by atoms with Crippen LogP contribution in [-0.2, 0) is 0 Å². The summed E-state index contributed by atoms with van der Waals surface area (Å²) in [6.45, 7) is 5.00. The summed E-state index contributed by atoms with van der Waals surface area (Å²) in [5, 5.41) is 12.0. The number of pyridine rings is 1. The molecule has 1 N–H and O–H groups in total. The normalized spacial score (nSPS) is 9.76. The highest BCUT2D eigenvalue weighted by atomic mass is 16.5. The molecule has 2 rings (SSSR count). The molecule has 5 heteroatoms. The first-order valence-corrected chi connectivity index (χ1v) is 6.80. The minimum Gasteiger partial charge on any atom is -0.490 e. The SMILES string of the molecule is CCOc1ccc(Nc2cccc(C#N)n2)cc1OCC. The number of anilines is 2. The van der Waals surface area contributed by atoms with E-state index in [0.29, 0.717) is 36.2 Å². The summed E-state index contributed by atoms with van der Waals surface area (Å²) < 4.78 is 11.1. The van der Waals surface area contributed by atoms with Gasteiger partial charge in [-0.1, -0.05) is 6.07 Å². The van der Waals surface area contributed by atoms with Gasteiger partial charge >= 0.3 is 0 Å². The molecule has 0 saturated heterocycles. The van der Waals surface area contributed by atoms with Gasteiger partial charge in [-0.25, -0.2) is 4.98 Å². The Labute approximate surface area is 124 Å². The quantitative estimate of drug-likeness (QED) is 0.879. The third kappa shape index (κ3) is 3.86. The monoisotopic (exact) mass is 283 g/mol. The number of nitrogens with one attached hydrogen (secondary N) is 1. The third-order valence-corrected chi connectivity index (χ3v) is 2.68. The Morgan fingerprint density at radius 2 is 1.86 bits per heavy atom. The molecule has 5 nitrogen and oxygen atoms in total. The summed E-state index contributed by atoms with van der Waals surface area (Å²) in [5.41, 5.74) is 1.19. The molecular formula is C16H17N3O2. The molecule has 0 bridgehead atoms. The first-order chi connectivity index (χ1) is 10.3. The Kier molecular flexibility index (Phi) is 4.99. The van der Waals surface area contributed by atoms with Crippen LogP contribution in [0, 0.1) is 11.3 Å². The van der Waals surface area contributed by atoms with Gasteiger partial charge in [0.15, 0.2) is 11.5 Å². The summed E-state index contributed by atoms with van der Waals surface area (Å²) in [7, 11) is 0. The van der Waals surface area contributed by atoms with Crippen molar-refractivity contribution < 1.29 is 9.47 Å². The number of benzene rings is 1. The molecule has 0 aliphatic rings. The summed E-state index contributed by atoms with van der Waals surface area (Å²) in [6, 6.07) is 12.9. The van der Waals surface area contributed by atoms with Crippen molar-refractivity contribution in [1.82, 2.24) is 4.98 Å². The number of nitrogens with zero attached hydrogens (tertiary/aromatic N) is 2. The first kappa shape index (κ1) is 14.7. The lowest BCUT2D eigenvalue weighted by Crippen LogP contribution is -2.00. The summed E-state index contributed by atoms with van der Waals surface area (Å²) in [4.78, 5) is 4.18. The van der Waals surface area contributed by atoms with Crippen molar-refractivity contribution in [2.45, 2.75) is 13.8 Å². The highest BCUT2D eigenvalue weighted by Crippen LogP contribution is 2.31. The summed E-state index contributed by atoms with van der Waals surface area (Å²) >= 11 is 0. The van der Waals surface area contributed by atoms with Gasteiger partial charge in [-0.05, 0) is 38.1 Å². The van der Waals surface area contributed by atoms with Crippen LogP contribution in [0.4, 0.5) is 11.5 Å². The van der Waals surface area contributed by atoms with E-state index in [1.54, 1.807) is 18.2 Å². The largest absolute Gasteiger partial charge is 0.490 e. The van der Waals surface area contributed by atoms with Crippen molar-refractivity contribution in [2.75, 3.05) is 18.5 Å². The topological polar surface area (TPSA) is 67.2 Å². The molecule has 108 valence electrons. The molecule has 1 aromatic heterocycles. The van der Waals surface area contributed by atoms with Crippen LogP contribution in [0.15, 0.2) is 36.4 Å². The number of aromatic nitrogens is 1. The summed E-state index contributed by atoms with van der Waals surface area (Å²) in [6.07, 6.45) is 0. The molecule has 0 atom stereocenters. The molecule has 2 aromatic rings. The van der Waals surface area contributed by atoms with Gasteiger partial charge in [-0.15, -0.1) is 0 Å². The maximum absolute atomic E-state index is 8.86. The van der Waals surface area contributed by atoms with Gasteiger partial charge in [0, 0.05) is 11.8 Å². The zero-order chi connectivity index (χ0) is 15.1. The molecule has 0 aliphatic heterocycles. The Hall–Kier alpha value is -2.74. The molecule has 0 spiro atoms.